The Morgan fingerprint density at radius 3 is 2.65 bits per heavy atom. The molecule has 0 atom stereocenters. The highest BCUT2D eigenvalue weighted by Gasteiger charge is 2.21. The van der Waals surface area contributed by atoms with Crippen LogP contribution >= 0.6 is 0 Å². The molecule has 20 heavy (non-hydrogen) atoms. The van der Waals surface area contributed by atoms with Gasteiger partial charge in [-0.2, -0.15) is 0 Å². The van der Waals surface area contributed by atoms with Gasteiger partial charge in [0.2, 0.25) is 0 Å². The van der Waals surface area contributed by atoms with E-state index in [0.717, 1.165) is 19.0 Å². The van der Waals surface area contributed by atoms with E-state index in [1.165, 1.54) is 44.1 Å². The van der Waals surface area contributed by atoms with E-state index >= 15 is 0 Å². The maximum atomic E-state index is 4.63. The average Bonchev–Trinajstić information content (AvgIpc) is 3.28. The number of nitrogens with one attached hydrogen (secondary N) is 2. The summed E-state index contributed by atoms with van der Waals surface area (Å²) in [6.07, 6.45) is 7.45. The second kappa shape index (κ2) is 8.62. The topological polar surface area (TPSA) is 36.4 Å². The zero-order valence-electron chi connectivity index (χ0n) is 12.6. The van der Waals surface area contributed by atoms with Gasteiger partial charge in [-0.25, -0.2) is 0 Å². The lowest BCUT2D eigenvalue weighted by molar-refractivity contribution is 0.681. The summed E-state index contributed by atoms with van der Waals surface area (Å²) in [5.74, 6) is 0.998. The van der Waals surface area contributed by atoms with E-state index in [4.69, 9.17) is 0 Å². The molecule has 0 radical (unpaired) electrons. The quantitative estimate of drug-likeness (QED) is 0.434. The van der Waals surface area contributed by atoms with Gasteiger partial charge in [0.15, 0.2) is 5.96 Å². The summed E-state index contributed by atoms with van der Waals surface area (Å²) in [6, 6.07) is 11.4. The first-order valence-corrected chi connectivity index (χ1v) is 7.97. The molecule has 110 valence electrons. The fraction of sp³-hybridized carbons (Fsp3) is 0.588. The first-order chi connectivity index (χ1) is 9.88. The van der Waals surface area contributed by atoms with Gasteiger partial charge in [0.1, 0.15) is 0 Å². The van der Waals surface area contributed by atoms with Crippen LogP contribution in [-0.4, -0.2) is 25.1 Å². The minimum absolute atomic E-state index is 0.672. The molecule has 0 aromatic heterocycles. The number of benzene rings is 1. The fourth-order valence-corrected chi connectivity index (χ4v) is 2.19. The van der Waals surface area contributed by atoms with Crippen LogP contribution in [0.15, 0.2) is 35.3 Å². The van der Waals surface area contributed by atoms with Crippen LogP contribution in [0.3, 0.4) is 0 Å². The molecule has 0 unspecified atom stereocenters. The number of rotatable bonds is 8. The Bertz CT molecular complexity index is 396. The number of guanidine groups is 1. The lowest BCUT2D eigenvalue weighted by Crippen LogP contribution is -2.38. The van der Waals surface area contributed by atoms with Crippen LogP contribution in [0.5, 0.6) is 0 Å². The summed E-state index contributed by atoms with van der Waals surface area (Å²) in [4.78, 5) is 4.63. The lowest BCUT2D eigenvalue weighted by Gasteiger charge is -2.09. The van der Waals surface area contributed by atoms with E-state index in [1.54, 1.807) is 0 Å². The summed E-state index contributed by atoms with van der Waals surface area (Å²) in [6.45, 7) is 3.98. The van der Waals surface area contributed by atoms with Crippen molar-refractivity contribution in [3.63, 3.8) is 0 Å². The van der Waals surface area contributed by atoms with Crippen LogP contribution < -0.4 is 10.6 Å². The molecule has 3 heteroatoms. The van der Waals surface area contributed by atoms with Gasteiger partial charge in [-0.05, 0) is 44.6 Å². The number of unbranched alkanes of at least 4 members (excludes halogenated alkanes) is 2. The molecular weight excluding hydrogens is 246 g/mol. The SMILES string of the molecule is CCNC(=NCCCCCc1ccccc1)NC1CC1. The molecule has 1 saturated carbocycles. The molecule has 1 aromatic rings. The van der Waals surface area contributed by atoms with Crippen molar-refractivity contribution in [1.82, 2.24) is 10.6 Å². The lowest BCUT2D eigenvalue weighted by atomic mass is 10.1. The molecule has 2 N–H and O–H groups in total. The normalized spacial score (nSPS) is 15.2. The van der Waals surface area contributed by atoms with E-state index < -0.39 is 0 Å². The van der Waals surface area contributed by atoms with Crippen LogP contribution in [0.4, 0.5) is 0 Å². The fourth-order valence-electron chi connectivity index (χ4n) is 2.19. The Balaban J connectivity index is 1.57. The monoisotopic (exact) mass is 273 g/mol. The molecule has 1 aliphatic rings. The Morgan fingerprint density at radius 2 is 1.95 bits per heavy atom. The van der Waals surface area contributed by atoms with Crippen molar-refractivity contribution in [3.05, 3.63) is 35.9 Å². The minimum Gasteiger partial charge on any atom is -0.357 e. The second-order valence-corrected chi connectivity index (χ2v) is 5.48. The average molecular weight is 273 g/mol. The number of aliphatic imine (C=N–C) groups is 1. The standard InChI is InChI=1S/C17H27N3/c1-2-18-17(20-16-12-13-16)19-14-8-4-7-11-15-9-5-3-6-10-15/h3,5-6,9-10,16H,2,4,7-8,11-14H2,1H3,(H2,18,19,20). The van der Waals surface area contributed by atoms with Crippen LogP contribution in [0.25, 0.3) is 0 Å². The predicted octanol–water partition coefficient (Wildman–Crippen LogP) is 3.12. The van der Waals surface area contributed by atoms with Crippen molar-refractivity contribution >= 4 is 5.96 Å². The third-order valence-electron chi connectivity index (χ3n) is 3.50. The van der Waals surface area contributed by atoms with Crippen LogP contribution in [0, 0.1) is 0 Å². The summed E-state index contributed by atoms with van der Waals surface area (Å²) >= 11 is 0. The van der Waals surface area contributed by atoms with Crippen molar-refractivity contribution < 1.29 is 0 Å². The minimum atomic E-state index is 0.672. The molecular formula is C17H27N3. The number of aryl methyl sites for hydroxylation is 1. The third kappa shape index (κ3) is 6.09. The van der Waals surface area contributed by atoms with Gasteiger partial charge in [-0.1, -0.05) is 36.8 Å². The zero-order chi connectivity index (χ0) is 14.0. The van der Waals surface area contributed by atoms with Crippen molar-refractivity contribution in [2.24, 2.45) is 4.99 Å². The summed E-state index contributed by atoms with van der Waals surface area (Å²) < 4.78 is 0. The molecule has 0 heterocycles. The molecule has 0 saturated heterocycles. The maximum absolute atomic E-state index is 4.63. The first kappa shape index (κ1) is 14.9. The predicted molar refractivity (Wildman–Crippen MR) is 86.1 cm³/mol. The number of hydrogen-bond donors (Lipinski definition) is 2. The Labute approximate surface area is 122 Å². The van der Waals surface area contributed by atoms with E-state index in [-0.39, 0.29) is 0 Å². The molecule has 0 amide bonds. The first-order valence-electron chi connectivity index (χ1n) is 7.97. The van der Waals surface area contributed by atoms with Gasteiger partial charge in [0.25, 0.3) is 0 Å². The molecule has 1 aromatic carbocycles. The van der Waals surface area contributed by atoms with Gasteiger partial charge in [0.05, 0.1) is 0 Å². The Hall–Kier alpha value is -1.51. The Morgan fingerprint density at radius 1 is 1.15 bits per heavy atom. The van der Waals surface area contributed by atoms with Gasteiger partial charge >= 0.3 is 0 Å². The Kier molecular flexibility index (Phi) is 6.42. The molecule has 2 rings (SSSR count). The molecule has 3 nitrogen and oxygen atoms in total. The highest BCUT2D eigenvalue weighted by atomic mass is 15.2. The third-order valence-corrected chi connectivity index (χ3v) is 3.50. The van der Waals surface area contributed by atoms with Crippen molar-refractivity contribution in [2.45, 2.75) is 51.5 Å². The number of hydrogen-bond acceptors (Lipinski definition) is 1. The van der Waals surface area contributed by atoms with Crippen molar-refractivity contribution in [2.75, 3.05) is 13.1 Å². The highest BCUT2D eigenvalue weighted by molar-refractivity contribution is 5.80. The largest absolute Gasteiger partial charge is 0.357 e. The van der Waals surface area contributed by atoms with E-state index in [0.29, 0.717) is 6.04 Å². The van der Waals surface area contributed by atoms with E-state index in [2.05, 4.69) is 52.9 Å². The van der Waals surface area contributed by atoms with Crippen LogP contribution in [0.1, 0.15) is 44.6 Å². The molecule has 1 aliphatic carbocycles. The van der Waals surface area contributed by atoms with Crippen molar-refractivity contribution in [1.29, 1.82) is 0 Å². The summed E-state index contributed by atoms with van der Waals surface area (Å²) in [5.41, 5.74) is 1.44. The highest BCUT2D eigenvalue weighted by Crippen LogP contribution is 2.18. The van der Waals surface area contributed by atoms with Gasteiger partial charge in [-0.3, -0.25) is 4.99 Å². The zero-order valence-corrected chi connectivity index (χ0v) is 12.6. The molecule has 0 bridgehead atoms. The van der Waals surface area contributed by atoms with Gasteiger partial charge < -0.3 is 10.6 Å². The summed E-state index contributed by atoms with van der Waals surface area (Å²) in [7, 11) is 0. The van der Waals surface area contributed by atoms with E-state index in [1.807, 2.05) is 0 Å². The van der Waals surface area contributed by atoms with E-state index in [9.17, 15) is 0 Å². The molecule has 1 fully saturated rings. The number of nitrogens with zero attached hydrogens (tertiary/aromatic N) is 1. The summed E-state index contributed by atoms with van der Waals surface area (Å²) in [5, 5.41) is 6.76. The van der Waals surface area contributed by atoms with Gasteiger partial charge in [0, 0.05) is 19.1 Å². The molecule has 0 aliphatic heterocycles. The maximum Gasteiger partial charge on any atom is 0.191 e. The second-order valence-electron chi connectivity index (χ2n) is 5.48. The van der Waals surface area contributed by atoms with Gasteiger partial charge in [-0.15, -0.1) is 0 Å². The molecule has 0 spiro atoms. The van der Waals surface area contributed by atoms with Crippen molar-refractivity contribution in [3.8, 4) is 0 Å². The smallest absolute Gasteiger partial charge is 0.191 e. The van der Waals surface area contributed by atoms with Crippen LogP contribution in [-0.2, 0) is 6.42 Å². The van der Waals surface area contributed by atoms with Crippen LogP contribution in [0.2, 0.25) is 0 Å².